The van der Waals surface area contributed by atoms with Crippen LogP contribution in [0.3, 0.4) is 0 Å². The van der Waals surface area contributed by atoms with E-state index in [-0.39, 0.29) is 4.90 Å². The fraction of sp³-hybridized carbons (Fsp3) is 0.143. The first-order valence-corrected chi connectivity index (χ1v) is 10.7. The van der Waals surface area contributed by atoms with Gasteiger partial charge in [0.15, 0.2) is 0 Å². The van der Waals surface area contributed by atoms with Gasteiger partial charge in [-0.05, 0) is 55.9 Å². The number of halogens is 1. The number of aryl methyl sites for hydroxylation is 1. The monoisotopic (exact) mass is 425 g/mol. The molecule has 0 unspecified atom stereocenters. The molecule has 2 N–H and O–H groups in total. The number of aromatic nitrogens is 3. The Morgan fingerprint density at radius 3 is 2.70 bits per heavy atom. The summed E-state index contributed by atoms with van der Waals surface area (Å²) in [4.78, 5) is 7.85. The highest BCUT2D eigenvalue weighted by molar-refractivity contribution is 7.90. The Labute approximate surface area is 173 Å². The van der Waals surface area contributed by atoms with Crippen LogP contribution in [0.2, 0.25) is 0 Å². The van der Waals surface area contributed by atoms with Gasteiger partial charge in [-0.1, -0.05) is 6.07 Å². The van der Waals surface area contributed by atoms with Crippen molar-refractivity contribution in [3.05, 3.63) is 78.3 Å². The Kier molecular flexibility index (Phi) is 5.23. The minimum Gasteiger partial charge on any atom is -0.354 e. The van der Waals surface area contributed by atoms with E-state index in [1.165, 1.54) is 28.5 Å². The second-order valence-corrected chi connectivity index (χ2v) is 8.61. The van der Waals surface area contributed by atoms with Gasteiger partial charge in [0.05, 0.1) is 16.9 Å². The van der Waals surface area contributed by atoms with E-state index in [4.69, 9.17) is 0 Å². The molecule has 0 saturated carbocycles. The Hall–Kier alpha value is -3.30. The average molecular weight is 425 g/mol. The van der Waals surface area contributed by atoms with Gasteiger partial charge >= 0.3 is 0 Å². The lowest BCUT2D eigenvalue weighted by atomic mass is 10.1. The fourth-order valence-electron chi connectivity index (χ4n) is 3.31. The maximum Gasteiger partial charge on any atom is 0.269 e. The molecule has 7 nitrogen and oxygen atoms in total. The van der Waals surface area contributed by atoms with E-state index in [2.05, 4.69) is 20.6 Å². The van der Waals surface area contributed by atoms with Crippen molar-refractivity contribution in [3.63, 3.8) is 0 Å². The lowest BCUT2D eigenvalue weighted by Gasteiger charge is -2.11. The molecule has 3 aromatic heterocycles. The van der Waals surface area contributed by atoms with Crippen molar-refractivity contribution in [2.45, 2.75) is 18.4 Å². The highest BCUT2D eigenvalue weighted by Crippen LogP contribution is 2.30. The zero-order valence-corrected chi connectivity index (χ0v) is 17.2. The van der Waals surface area contributed by atoms with E-state index in [1.807, 2.05) is 12.1 Å². The molecule has 0 aliphatic carbocycles. The van der Waals surface area contributed by atoms with Gasteiger partial charge in [-0.25, -0.2) is 17.4 Å². The van der Waals surface area contributed by atoms with Gasteiger partial charge in [0.1, 0.15) is 4.90 Å². The summed E-state index contributed by atoms with van der Waals surface area (Å²) >= 11 is 0. The molecule has 154 valence electrons. The topological polar surface area (TPSA) is 88.9 Å². The predicted octanol–water partition coefficient (Wildman–Crippen LogP) is 3.58. The second kappa shape index (κ2) is 7.85. The number of benzene rings is 1. The van der Waals surface area contributed by atoms with Crippen molar-refractivity contribution in [3.8, 4) is 0 Å². The van der Waals surface area contributed by atoms with Crippen LogP contribution in [0.25, 0.3) is 10.9 Å². The number of pyridine rings is 2. The number of rotatable bonds is 6. The molecule has 0 spiro atoms. The van der Waals surface area contributed by atoms with Crippen LogP contribution < -0.4 is 10.6 Å². The van der Waals surface area contributed by atoms with E-state index in [1.54, 1.807) is 38.4 Å². The molecule has 0 saturated heterocycles. The van der Waals surface area contributed by atoms with E-state index in [0.29, 0.717) is 29.1 Å². The van der Waals surface area contributed by atoms with Crippen LogP contribution in [0, 0.1) is 12.9 Å². The summed E-state index contributed by atoms with van der Waals surface area (Å²) in [6.07, 6.45) is 4.48. The Bertz CT molecular complexity index is 1320. The molecule has 0 amide bonds. The van der Waals surface area contributed by atoms with Gasteiger partial charge in [-0.3, -0.25) is 4.98 Å². The minimum absolute atomic E-state index is 0.106. The zero-order valence-electron chi connectivity index (χ0n) is 16.4. The van der Waals surface area contributed by atoms with Crippen molar-refractivity contribution in [1.29, 1.82) is 0 Å². The molecule has 0 bridgehead atoms. The first-order chi connectivity index (χ1) is 14.4. The molecule has 3 heterocycles. The highest BCUT2D eigenvalue weighted by atomic mass is 32.2. The number of hydrogen-bond acceptors (Lipinski definition) is 6. The van der Waals surface area contributed by atoms with Gasteiger partial charge in [0, 0.05) is 36.2 Å². The van der Waals surface area contributed by atoms with Crippen molar-refractivity contribution < 1.29 is 12.8 Å². The van der Waals surface area contributed by atoms with Crippen molar-refractivity contribution in [2.75, 3.05) is 12.4 Å². The molecule has 1 aromatic carbocycles. The third-order valence-electron chi connectivity index (χ3n) is 4.74. The quantitative estimate of drug-likeness (QED) is 0.459. The number of fused-ring (bicyclic) bond motifs is 1. The van der Waals surface area contributed by atoms with Gasteiger partial charge in [-0.15, -0.1) is 0 Å². The summed E-state index contributed by atoms with van der Waals surface area (Å²) < 4.78 is 41.1. The highest BCUT2D eigenvalue weighted by Gasteiger charge is 2.21. The lowest BCUT2D eigenvalue weighted by molar-refractivity contribution is 0.580. The number of nitrogens with one attached hydrogen (secondary N) is 2. The largest absolute Gasteiger partial charge is 0.354 e. The SMILES string of the molecule is CNCc1cn(S(=O)(=O)c2cccnc2)c2cc(Nc3ccc(F)nc3C)ccc12. The average Bonchev–Trinajstić information content (AvgIpc) is 3.10. The van der Waals surface area contributed by atoms with Crippen LogP contribution in [0.4, 0.5) is 15.8 Å². The van der Waals surface area contributed by atoms with Crippen molar-refractivity contribution in [1.82, 2.24) is 19.3 Å². The third kappa shape index (κ3) is 3.64. The van der Waals surface area contributed by atoms with Crippen molar-refractivity contribution >= 4 is 32.3 Å². The molecule has 0 aliphatic heterocycles. The van der Waals surface area contributed by atoms with Crippen molar-refractivity contribution in [2.24, 2.45) is 0 Å². The zero-order chi connectivity index (χ0) is 21.3. The summed E-state index contributed by atoms with van der Waals surface area (Å²) in [5.74, 6) is -0.554. The first-order valence-electron chi connectivity index (χ1n) is 9.24. The van der Waals surface area contributed by atoms with Gasteiger partial charge in [-0.2, -0.15) is 4.39 Å². The van der Waals surface area contributed by atoms with Gasteiger partial charge < -0.3 is 10.6 Å². The molecule has 4 aromatic rings. The Morgan fingerprint density at radius 1 is 1.17 bits per heavy atom. The maximum absolute atomic E-state index is 13.3. The molecular formula is C21H20FN5O2S. The molecule has 30 heavy (non-hydrogen) atoms. The summed E-state index contributed by atoms with van der Waals surface area (Å²) in [5, 5.41) is 7.07. The van der Waals surface area contributed by atoms with Crippen LogP contribution in [0.5, 0.6) is 0 Å². The maximum atomic E-state index is 13.3. The number of anilines is 2. The molecular weight excluding hydrogens is 405 g/mol. The molecule has 0 radical (unpaired) electrons. The van der Waals surface area contributed by atoms with E-state index in [0.717, 1.165) is 10.9 Å². The molecule has 4 rings (SSSR count). The summed E-state index contributed by atoms with van der Waals surface area (Å²) in [7, 11) is -2.03. The summed E-state index contributed by atoms with van der Waals surface area (Å²) in [5.41, 5.74) is 3.19. The predicted molar refractivity (Wildman–Crippen MR) is 114 cm³/mol. The second-order valence-electron chi connectivity index (χ2n) is 6.80. The van der Waals surface area contributed by atoms with E-state index in [9.17, 15) is 12.8 Å². The van der Waals surface area contributed by atoms with Gasteiger partial charge in [0.2, 0.25) is 5.95 Å². The van der Waals surface area contributed by atoms with E-state index >= 15 is 0 Å². The van der Waals surface area contributed by atoms with Crippen LogP contribution in [0.15, 0.2) is 66.0 Å². The molecule has 0 atom stereocenters. The fourth-order valence-corrected chi connectivity index (χ4v) is 4.65. The molecule has 9 heteroatoms. The molecule has 0 aliphatic rings. The normalized spacial score (nSPS) is 11.7. The standard InChI is InChI=1S/C21H20FN5O2S/c1-14-19(7-8-21(22)25-14)26-16-5-6-18-15(11-23-2)13-27(20(18)10-16)30(28,29)17-4-3-9-24-12-17/h3-10,12-13,23,26H,11H2,1-2H3. The Morgan fingerprint density at radius 2 is 2.00 bits per heavy atom. The van der Waals surface area contributed by atoms with Crippen LogP contribution in [0.1, 0.15) is 11.3 Å². The Balaban J connectivity index is 1.85. The number of nitrogens with zero attached hydrogens (tertiary/aromatic N) is 3. The molecule has 0 fully saturated rings. The van der Waals surface area contributed by atoms with Crippen LogP contribution >= 0.6 is 0 Å². The van der Waals surface area contributed by atoms with Crippen LogP contribution in [-0.4, -0.2) is 29.4 Å². The number of hydrogen-bond donors (Lipinski definition) is 2. The van der Waals surface area contributed by atoms with Gasteiger partial charge in [0.25, 0.3) is 10.0 Å². The lowest BCUT2D eigenvalue weighted by Crippen LogP contribution is -2.12. The first kappa shape index (κ1) is 20.0. The summed E-state index contributed by atoms with van der Waals surface area (Å²) in [6, 6.07) is 11.4. The summed E-state index contributed by atoms with van der Waals surface area (Å²) in [6.45, 7) is 2.21. The minimum atomic E-state index is -3.83. The smallest absolute Gasteiger partial charge is 0.269 e. The van der Waals surface area contributed by atoms with Crippen LogP contribution in [-0.2, 0) is 16.6 Å². The van der Waals surface area contributed by atoms with E-state index < -0.39 is 16.0 Å². The third-order valence-corrected chi connectivity index (χ3v) is 6.40.